The van der Waals surface area contributed by atoms with Crippen LogP contribution in [0.1, 0.15) is 27.8 Å². The Hall–Kier alpha value is -2.92. The Bertz CT molecular complexity index is 857. The van der Waals surface area contributed by atoms with Gasteiger partial charge in [0, 0.05) is 0 Å². The molecule has 0 radical (unpaired) electrons. The third kappa shape index (κ3) is 3.95. The summed E-state index contributed by atoms with van der Waals surface area (Å²) in [6.07, 6.45) is 0.456. The van der Waals surface area contributed by atoms with Gasteiger partial charge in [0.1, 0.15) is 17.7 Å². The molecule has 1 unspecified atom stereocenters. The van der Waals surface area contributed by atoms with Gasteiger partial charge in [-0.15, -0.1) is 0 Å². The fraction of sp³-hybridized carbons (Fsp3) is 0.150. The van der Waals surface area contributed by atoms with Gasteiger partial charge in [-0.2, -0.15) is 0 Å². The van der Waals surface area contributed by atoms with Gasteiger partial charge < -0.3 is 14.8 Å². The van der Waals surface area contributed by atoms with Crippen molar-refractivity contribution in [3.05, 3.63) is 83.6 Å². The number of amides is 1. The molecule has 3 rings (SSSR count). The highest BCUT2D eigenvalue weighted by Crippen LogP contribution is 2.22. The van der Waals surface area contributed by atoms with Crippen molar-refractivity contribution < 1.29 is 18.7 Å². The zero-order valence-electron chi connectivity index (χ0n) is 13.7. The van der Waals surface area contributed by atoms with E-state index in [-0.39, 0.29) is 12.1 Å². The lowest BCUT2D eigenvalue weighted by Crippen LogP contribution is -2.28. The second-order valence-electron chi connectivity index (χ2n) is 5.80. The number of hydrogen-bond donors (Lipinski definition) is 2. The van der Waals surface area contributed by atoms with Gasteiger partial charge in [0.05, 0.1) is 18.4 Å². The van der Waals surface area contributed by atoms with Crippen molar-refractivity contribution in [2.45, 2.75) is 13.0 Å². The minimum atomic E-state index is -0.978. The molecule has 1 amide bonds. The normalized spacial score (nSPS) is 12.0. The third-order valence-corrected chi connectivity index (χ3v) is 3.93. The first-order chi connectivity index (χ1) is 12.0. The molecule has 3 aromatic rings. The summed E-state index contributed by atoms with van der Waals surface area (Å²) < 4.78 is 19.4. The SMILES string of the molecule is Cc1ccc(-c2ccc(C(=O)NCC(O)c3ccco3)c(F)c2)cc1. The van der Waals surface area contributed by atoms with Crippen LogP contribution in [0, 0.1) is 12.7 Å². The fourth-order valence-corrected chi connectivity index (χ4v) is 2.49. The van der Waals surface area contributed by atoms with E-state index in [9.17, 15) is 14.3 Å². The number of hydrogen-bond acceptors (Lipinski definition) is 3. The van der Waals surface area contributed by atoms with Gasteiger partial charge in [0.2, 0.25) is 0 Å². The lowest BCUT2D eigenvalue weighted by atomic mass is 10.0. The average molecular weight is 339 g/mol. The number of aliphatic hydroxyl groups excluding tert-OH is 1. The molecule has 0 spiro atoms. The molecule has 128 valence electrons. The number of aryl methyl sites for hydroxylation is 1. The molecule has 4 nitrogen and oxygen atoms in total. The first-order valence-corrected chi connectivity index (χ1v) is 7.91. The molecule has 0 saturated heterocycles. The molecule has 1 aromatic heterocycles. The van der Waals surface area contributed by atoms with Gasteiger partial charge in [0.25, 0.3) is 5.91 Å². The van der Waals surface area contributed by atoms with Crippen molar-refractivity contribution in [2.75, 3.05) is 6.54 Å². The van der Waals surface area contributed by atoms with E-state index in [4.69, 9.17) is 4.42 Å². The van der Waals surface area contributed by atoms with Crippen LogP contribution >= 0.6 is 0 Å². The van der Waals surface area contributed by atoms with Gasteiger partial charge in [-0.25, -0.2) is 4.39 Å². The number of carbonyl (C=O) groups excluding carboxylic acids is 1. The molecule has 2 aromatic carbocycles. The molecule has 2 N–H and O–H groups in total. The standard InChI is InChI=1S/C20H18FNO3/c1-13-4-6-14(7-5-13)15-8-9-16(17(21)11-15)20(24)22-12-18(23)19-3-2-10-25-19/h2-11,18,23H,12H2,1H3,(H,22,24). The Labute approximate surface area is 144 Å². The highest BCUT2D eigenvalue weighted by Gasteiger charge is 2.16. The topological polar surface area (TPSA) is 62.5 Å². The van der Waals surface area contributed by atoms with Crippen molar-refractivity contribution in [2.24, 2.45) is 0 Å². The summed E-state index contributed by atoms with van der Waals surface area (Å²) in [6, 6.07) is 15.4. The van der Waals surface area contributed by atoms with Crippen molar-refractivity contribution in [1.29, 1.82) is 0 Å². The van der Waals surface area contributed by atoms with E-state index >= 15 is 0 Å². The summed E-state index contributed by atoms with van der Waals surface area (Å²) in [5.41, 5.74) is 2.63. The number of nitrogens with one attached hydrogen (secondary N) is 1. The Morgan fingerprint density at radius 2 is 1.88 bits per heavy atom. The van der Waals surface area contributed by atoms with E-state index in [0.29, 0.717) is 11.3 Å². The zero-order chi connectivity index (χ0) is 17.8. The number of rotatable bonds is 5. The van der Waals surface area contributed by atoms with Crippen LogP contribution < -0.4 is 5.32 Å². The number of carbonyl (C=O) groups is 1. The summed E-state index contributed by atoms with van der Waals surface area (Å²) in [5, 5.41) is 12.4. The molecule has 0 fully saturated rings. The molecule has 25 heavy (non-hydrogen) atoms. The fourth-order valence-electron chi connectivity index (χ4n) is 2.49. The van der Waals surface area contributed by atoms with Gasteiger partial charge in [-0.3, -0.25) is 4.79 Å². The summed E-state index contributed by atoms with van der Waals surface area (Å²) in [5.74, 6) is -0.850. The lowest BCUT2D eigenvalue weighted by Gasteiger charge is -2.11. The highest BCUT2D eigenvalue weighted by atomic mass is 19.1. The van der Waals surface area contributed by atoms with Crippen molar-refractivity contribution in [1.82, 2.24) is 5.32 Å². The molecule has 0 aliphatic rings. The van der Waals surface area contributed by atoms with E-state index in [1.807, 2.05) is 31.2 Å². The molecule has 5 heteroatoms. The predicted molar refractivity (Wildman–Crippen MR) is 92.6 cm³/mol. The van der Waals surface area contributed by atoms with Crippen LogP contribution in [0.3, 0.4) is 0 Å². The Balaban J connectivity index is 1.70. The number of furan rings is 1. The Morgan fingerprint density at radius 1 is 1.16 bits per heavy atom. The summed E-state index contributed by atoms with van der Waals surface area (Å²) in [4.78, 5) is 12.1. The largest absolute Gasteiger partial charge is 0.467 e. The summed E-state index contributed by atoms with van der Waals surface area (Å²) in [6.45, 7) is 1.92. The maximum Gasteiger partial charge on any atom is 0.254 e. The van der Waals surface area contributed by atoms with Crippen molar-refractivity contribution in [3.63, 3.8) is 0 Å². The second-order valence-corrected chi connectivity index (χ2v) is 5.80. The van der Waals surface area contributed by atoms with E-state index in [1.54, 1.807) is 18.2 Å². The molecule has 1 atom stereocenters. The third-order valence-electron chi connectivity index (χ3n) is 3.93. The van der Waals surface area contributed by atoms with Crippen LogP contribution in [-0.2, 0) is 0 Å². The van der Waals surface area contributed by atoms with Crippen LogP contribution in [0.25, 0.3) is 11.1 Å². The van der Waals surface area contributed by atoms with Gasteiger partial charge in [-0.1, -0.05) is 35.9 Å². The minimum Gasteiger partial charge on any atom is -0.467 e. The maximum atomic E-state index is 14.3. The quantitative estimate of drug-likeness (QED) is 0.742. The highest BCUT2D eigenvalue weighted by molar-refractivity contribution is 5.95. The number of benzene rings is 2. The number of aliphatic hydroxyl groups is 1. The first-order valence-electron chi connectivity index (χ1n) is 7.91. The monoisotopic (exact) mass is 339 g/mol. The second kappa shape index (κ2) is 7.32. The van der Waals surface area contributed by atoms with Gasteiger partial charge in [0.15, 0.2) is 0 Å². The Morgan fingerprint density at radius 3 is 2.52 bits per heavy atom. The zero-order valence-corrected chi connectivity index (χ0v) is 13.7. The molecule has 0 aliphatic heterocycles. The van der Waals surface area contributed by atoms with Crippen LogP contribution in [0.2, 0.25) is 0 Å². The van der Waals surface area contributed by atoms with E-state index in [0.717, 1.165) is 11.1 Å². The van der Waals surface area contributed by atoms with Crippen molar-refractivity contribution in [3.8, 4) is 11.1 Å². The van der Waals surface area contributed by atoms with E-state index in [1.165, 1.54) is 18.4 Å². The van der Waals surface area contributed by atoms with Crippen LogP contribution in [0.15, 0.2) is 65.3 Å². The average Bonchev–Trinajstić information content (AvgIpc) is 3.14. The van der Waals surface area contributed by atoms with Crippen LogP contribution in [0.5, 0.6) is 0 Å². The molecule has 1 heterocycles. The van der Waals surface area contributed by atoms with Crippen LogP contribution in [0.4, 0.5) is 4.39 Å². The molecular formula is C20H18FNO3. The number of halogens is 1. The molecule has 0 bridgehead atoms. The van der Waals surface area contributed by atoms with E-state index < -0.39 is 17.8 Å². The molecule has 0 saturated carbocycles. The minimum absolute atomic E-state index is 0.0640. The molecular weight excluding hydrogens is 321 g/mol. The van der Waals surface area contributed by atoms with Gasteiger partial charge in [-0.05, 0) is 42.3 Å². The summed E-state index contributed by atoms with van der Waals surface area (Å²) >= 11 is 0. The summed E-state index contributed by atoms with van der Waals surface area (Å²) in [7, 11) is 0. The first kappa shape index (κ1) is 16.9. The smallest absolute Gasteiger partial charge is 0.254 e. The van der Waals surface area contributed by atoms with Gasteiger partial charge >= 0.3 is 0 Å². The van der Waals surface area contributed by atoms with E-state index in [2.05, 4.69) is 5.32 Å². The predicted octanol–water partition coefficient (Wildman–Crippen LogP) is 3.86. The lowest BCUT2D eigenvalue weighted by molar-refractivity contribution is 0.0897. The Kier molecular flexibility index (Phi) is 4.95. The molecule has 0 aliphatic carbocycles. The maximum absolute atomic E-state index is 14.3. The van der Waals surface area contributed by atoms with Crippen LogP contribution in [-0.4, -0.2) is 17.6 Å². The van der Waals surface area contributed by atoms with Crippen molar-refractivity contribution >= 4 is 5.91 Å².